The number of nitrogens with one attached hydrogen (secondary N) is 1. The van der Waals surface area contributed by atoms with Crippen LogP contribution in [-0.4, -0.2) is 23.0 Å². The maximum atomic E-state index is 5.81. The molecule has 2 rings (SSSR count). The third-order valence-electron chi connectivity index (χ3n) is 2.77. The predicted octanol–water partition coefficient (Wildman–Crippen LogP) is 2.22. The summed E-state index contributed by atoms with van der Waals surface area (Å²) in [5.74, 6) is 3.41. The highest BCUT2D eigenvalue weighted by Crippen LogP contribution is 2.24. The van der Waals surface area contributed by atoms with E-state index in [1.165, 1.54) is 24.3 Å². The molecule has 15 heavy (non-hydrogen) atoms. The van der Waals surface area contributed by atoms with Crippen LogP contribution >= 0.6 is 11.8 Å². The molecule has 1 fully saturated rings. The monoisotopic (exact) mass is 223 g/mol. The summed E-state index contributed by atoms with van der Waals surface area (Å²) in [5, 5.41) is 3.41. The first-order valence-electron chi connectivity index (χ1n) is 5.37. The van der Waals surface area contributed by atoms with Crippen LogP contribution in [0.15, 0.2) is 18.5 Å². The largest absolute Gasteiger partial charge is 0.396 e. The van der Waals surface area contributed by atoms with Crippen LogP contribution in [-0.2, 0) is 0 Å². The van der Waals surface area contributed by atoms with Crippen molar-refractivity contribution in [3.05, 3.63) is 18.5 Å². The third kappa shape index (κ3) is 3.02. The van der Waals surface area contributed by atoms with E-state index >= 15 is 0 Å². The van der Waals surface area contributed by atoms with Gasteiger partial charge < -0.3 is 11.1 Å². The van der Waals surface area contributed by atoms with E-state index in [0.29, 0.717) is 0 Å². The molecular formula is C11H17N3S. The predicted molar refractivity (Wildman–Crippen MR) is 67.2 cm³/mol. The zero-order valence-corrected chi connectivity index (χ0v) is 9.59. The molecule has 1 aromatic rings. The van der Waals surface area contributed by atoms with Gasteiger partial charge >= 0.3 is 0 Å². The standard InChI is InChI=1S/C11H17N3S/c12-10-8-13-4-1-11(10)14-7-9-2-5-15-6-3-9/h1,4,8-9H,2-3,5-7,12H2,(H,13,14). The Bertz CT molecular complexity index is 310. The number of hydrogen-bond donors (Lipinski definition) is 2. The Hall–Kier alpha value is -0.900. The first kappa shape index (κ1) is 10.6. The van der Waals surface area contributed by atoms with E-state index in [1.807, 2.05) is 6.07 Å². The lowest BCUT2D eigenvalue weighted by Crippen LogP contribution is -2.19. The second-order valence-electron chi connectivity index (χ2n) is 3.90. The summed E-state index contributed by atoms with van der Waals surface area (Å²) in [7, 11) is 0. The summed E-state index contributed by atoms with van der Waals surface area (Å²) in [5.41, 5.74) is 7.56. The zero-order chi connectivity index (χ0) is 10.5. The molecule has 0 amide bonds. The minimum Gasteiger partial charge on any atom is -0.396 e. The van der Waals surface area contributed by atoms with Crippen molar-refractivity contribution in [2.24, 2.45) is 5.92 Å². The van der Waals surface area contributed by atoms with Crippen LogP contribution in [0.5, 0.6) is 0 Å². The lowest BCUT2D eigenvalue weighted by molar-refractivity contribution is 0.516. The molecule has 1 aliphatic heterocycles. The van der Waals surface area contributed by atoms with E-state index in [1.54, 1.807) is 12.4 Å². The molecule has 1 aliphatic rings. The minimum atomic E-state index is 0.739. The van der Waals surface area contributed by atoms with Crippen molar-refractivity contribution in [3.63, 3.8) is 0 Å². The molecule has 82 valence electrons. The summed E-state index contributed by atoms with van der Waals surface area (Å²) in [6, 6.07) is 1.94. The van der Waals surface area contributed by atoms with Crippen LogP contribution in [0.1, 0.15) is 12.8 Å². The van der Waals surface area contributed by atoms with E-state index in [4.69, 9.17) is 5.73 Å². The van der Waals surface area contributed by atoms with Gasteiger partial charge in [-0.15, -0.1) is 0 Å². The molecule has 0 bridgehead atoms. The topological polar surface area (TPSA) is 50.9 Å². The summed E-state index contributed by atoms with van der Waals surface area (Å²) in [6.45, 7) is 1.04. The summed E-state index contributed by atoms with van der Waals surface area (Å²) in [4.78, 5) is 3.97. The van der Waals surface area contributed by atoms with Gasteiger partial charge in [-0.3, -0.25) is 4.98 Å². The number of nitrogens with zero attached hydrogens (tertiary/aromatic N) is 1. The number of nitrogens with two attached hydrogens (primary N) is 1. The molecule has 0 radical (unpaired) electrons. The molecule has 3 nitrogen and oxygen atoms in total. The quantitative estimate of drug-likeness (QED) is 0.825. The van der Waals surface area contributed by atoms with Gasteiger partial charge in [-0.25, -0.2) is 0 Å². The van der Waals surface area contributed by atoms with Gasteiger partial charge in [-0.2, -0.15) is 11.8 Å². The van der Waals surface area contributed by atoms with Crippen molar-refractivity contribution >= 4 is 23.1 Å². The molecule has 2 heterocycles. The van der Waals surface area contributed by atoms with Crippen LogP contribution < -0.4 is 11.1 Å². The Balaban J connectivity index is 1.84. The van der Waals surface area contributed by atoms with Gasteiger partial charge in [-0.05, 0) is 36.3 Å². The molecule has 0 unspecified atom stereocenters. The van der Waals surface area contributed by atoms with Crippen molar-refractivity contribution in [2.75, 3.05) is 29.1 Å². The molecule has 3 N–H and O–H groups in total. The van der Waals surface area contributed by atoms with Gasteiger partial charge in [-0.1, -0.05) is 0 Å². The number of aromatic nitrogens is 1. The molecule has 0 spiro atoms. The molecule has 1 saturated heterocycles. The molecule has 0 aromatic carbocycles. The molecule has 0 saturated carbocycles. The fraction of sp³-hybridized carbons (Fsp3) is 0.545. The van der Waals surface area contributed by atoms with Gasteiger partial charge in [0.15, 0.2) is 0 Å². The summed E-state index contributed by atoms with van der Waals surface area (Å²) >= 11 is 2.06. The van der Waals surface area contributed by atoms with E-state index in [9.17, 15) is 0 Å². The van der Waals surface area contributed by atoms with E-state index < -0.39 is 0 Å². The van der Waals surface area contributed by atoms with Gasteiger partial charge in [0.2, 0.25) is 0 Å². The Morgan fingerprint density at radius 2 is 2.27 bits per heavy atom. The number of anilines is 2. The summed E-state index contributed by atoms with van der Waals surface area (Å²) < 4.78 is 0. The lowest BCUT2D eigenvalue weighted by Gasteiger charge is -2.22. The lowest BCUT2D eigenvalue weighted by atomic mass is 10.0. The van der Waals surface area contributed by atoms with Crippen molar-refractivity contribution in [1.82, 2.24) is 4.98 Å². The van der Waals surface area contributed by atoms with E-state index in [-0.39, 0.29) is 0 Å². The molecule has 1 aromatic heterocycles. The molecule has 0 atom stereocenters. The highest BCUT2D eigenvalue weighted by molar-refractivity contribution is 7.99. The molecule has 0 aliphatic carbocycles. The Morgan fingerprint density at radius 1 is 1.47 bits per heavy atom. The second-order valence-corrected chi connectivity index (χ2v) is 5.12. The first-order chi connectivity index (χ1) is 7.36. The minimum absolute atomic E-state index is 0.739. The SMILES string of the molecule is Nc1cnccc1NCC1CCSCC1. The smallest absolute Gasteiger partial charge is 0.0736 e. The van der Waals surface area contributed by atoms with Crippen molar-refractivity contribution in [3.8, 4) is 0 Å². The fourth-order valence-corrected chi connectivity index (χ4v) is 2.98. The highest BCUT2D eigenvalue weighted by atomic mass is 32.2. The Labute approximate surface area is 94.8 Å². The average Bonchev–Trinajstić information content (AvgIpc) is 2.29. The van der Waals surface area contributed by atoms with Crippen LogP contribution in [0.3, 0.4) is 0 Å². The van der Waals surface area contributed by atoms with Gasteiger partial charge in [0, 0.05) is 12.7 Å². The van der Waals surface area contributed by atoms with Crippen molar-refractivity contribution < 1.29 is 0 Å². The van der Waals surface area contributed by atoms with Crippen LogP contribution in [0.25, 0.3) is 0 Å². The number of rotatable bonds is 3. The van der Waals surface area contributed by atoms with Crippen LogP contribution in [0, 0.1) is 5.92 Å². The number of pyridine rings is 1. The van der Waals surface area contributed by atoms with E-state index in [2.05, 4.69) is 22.1 Å². The van der Waals surface area contributed by atoms with Gasteiger partial charge in [0.05, 0.1) is 17.6 Å². The van der Waals surface area contributed by atoms with E-state index in [0.717, 1.165) is 23.8 Å². The maximum Gasteiger partial charge on any atom is 0.0736 e. The van der Waals surface area contributed by atoms with Gasteiger partial charge in [0.1, 0.15) is 0 Å². The fourth-order valence-electron chi connectivity index (χ4n) is 1.77. The zero-order valence-electron chi connectivity index (χ0n) is 8.78. The number of hydrogen-bond acceptors (Lipinski definition) is 4. The Morgan fingerprint density at radius 3 is 3.00 bits per heavy atom. The van der Waals surface area contributed by atoms with Crippen molar-refractivity contribution in [2.45, 2.75) is 12.8 Å². The van der Waals surface area contributed by atoms with Crippen molar-refractivity contribution in [1.29, 1.82) is 0 Å². The Kier molecular flexibility index (Phi) is 3.72. The van der Waals surface area contributed by atoms with Crippen LogP contribution in [0.2, 0.25) is 0 Å². The maximum absolute atomic E-state index is 5.81. The first-order valence-corrected chi connectivity index (χ1v) is 6.53. The average molecular weight is 223 g/mol. The molecule has 4 heteroatoms. The third-order valence-corrected chi connectivity index (χ3v) is 3.82. The normalized spacial score (nSPS) is 17.6. The summed E-state index contributed by atoms with van der Waals surface area (Å²) in [6.07, 6.45) is 6.11. The van der Waals surface area contributed by atoms with Gasteiger partial charge in [0.25, 0.3) is 0 Å². The number of nitrogen functional groups attached to an aromatic ring is 1. The highest BCUT2D eigenvalue weighted by Gasteiger charge is 2.13. The second kappa shape index (κ2) is 5.26. The number of thioether (sulfide) groups is 1. The molecular weight excluding hydrogens is 206 g/mol. The van der Waals surface area contributed by atoms with Crippen LogP contribution in [0.4, 0.5) is 11.4 Å².